The van der Waals surface area contributed by atoms with E-state index in [2.05, 4.69) is 6.58 Å². The van der Waals surface area contributed by atoms with Crippen molar-refractivity contribution in [3.05, 3.63) is 12.2 Å². The minimum atomic E-state index is -1.85. The lowest BCUT2D eigenvalue weighted by molar-refractivity contribution is -0.327. The van der Waals surface area contributed by atoms with Crippen LogP contribution in [0.4, 0.5) is 0 Å². The Kier molecular flexibility index (Phi) is 12.6. The average Bonchev–Trinajstić information content (AvgIpc) is 2.70. The molecule has 29 heavy (non-hydrogen) atoms. The Bertz CT molecular complexity index is 492. The van der Waals surface area contributed by atoms with Gasteiger partial charge in [0.2, 0.25) is 5.91 Å². The molecule has 1 heterocycles. The Hall–Kier alpha value is -1.23. The van der Waals surface area contributed by atoms with Gasteiger partial charge in [0, 0.05) is 5.57 Å². The number of aliphatic hydroxyl groups is 9. The fourth-order valence-electron chi connectivity index (χ4n) is 2.16. The van der Waals surface area contributed by atoms with Crippen LogP contribution in [-0.4, -0.2) is 127 Å². The topological polar surface area (TPSA) is 244 Å². The van der Waals surface area contributed by atoms with Crippen LogP contribution < -0.4 is 5.73 Å². The minimum absolute atomic E-state index is 0.398. The molecular weight excluding hydrogens is 398 g/mol. The van der Waals surface area contributed by atoms with E-state index in [0.29, 0.717) is 5.57 Å². The molecule has 11 N–H and O–H groups in total. The highest BCUT2D eigenvalue weighted by Crippen LogP contribution is 2.24. The van der Waals surface area contributed by atoms with Gasteiger partial charge >= 0.3 is 0 Å². The van der Waals surface area contributed by atoms with Crippen molar-refractivity contribution in [2.75, 3.05) is 19.8 Å². The molecule has 172 valence electrons. The summed E-state index contributed by atoms with van der Waals surface area (Å²) >= 11 is 0. The zero-order valence-corrected chi connectivity index (χ0v) is 15.9. The zero-order valence-electron chi connectivity index (χ0n) is 15.9. The van der Waals surface area contributed by atoms with Gasteiger partial charge in [0.1, 0.15) is 48.8 Å². The molecule has 1 rings (SSSR count). The third kappa shape index (κ3) is 8.19. The van der Waals surface area contributed by atoms with Crippen molar-refractivity contribution in [3.63, 3.8) is 0 Å². The second-order valence-electron chi connectivity index (χ2n) is 6.43. The van der Waals surface area contributed by atoms with Crippen LogP contribution in [0.15, 0.2) is 12.2 Å². The smallest absolute Gasteiger partial charge is 0.243 e. The standard InChI is InChI=1S/C12H24O11.C4H7NO/c13-1-4(16)7(18)11(5(17)2-14)23-12-10(21)9(20)8(19)6(3-15)22-12;1-3(2)4(5)6/h4-21H,1-3H2;1H2,2H3,(H2,5,6)/t4-,5+,6+,7+,8+,9-,10+,11+,12+;/m0./s1. The molecule has 0 saturated carbocycles. The van der Waals surface area contributed by atoms with E-state index >= 15 is 0 Å². The quantitative estimate of drug-likeness (QED) is 0.154. The minimum Gasteiger partial charge on any atom is -0.394 e. The molecule has 1 aliphatic rings. The molecule has 13 heteroatoms. The van der Waals surface area contributed by atoms with Crippen molar-refractivity contribution in [1.29, 1.82) is 0 Å². The summed E-state index contributed by atoms with van der Waals surface area (Å²) in [6.07, 6.45) is -15.1. The van der Waals surface area contributed by atoms with Gasteiger partial charge in [-0.2, -0.15) is 0 Å². The van der Waals surface area contributed by atoms with Gasteiger partial charge in [-0.3, -0.25) is 4.79 Å². The molecule has 0 bridgehead atoms. The van der Waals surface area contributed by atoms with Crippen molar-refractivity contribution in [2.24, 2.45) is 5.73 Å². The highest BCUT2D eigenvalue weighted by atomic mass is 16.7. The van der Waals surface area contributed by atoms with E-state index in [4.69, 9.17) is 30.5 Å². The molecule has 1 saturated heterocycles. The fraction of sp³-hybridized carbons (Fsp3) is 0.812. The Morgan fingerprint density at radius 3 is 1.90 bits per heavy atom. The number of primary amides is 1. The molecular formula is C16H31NO12. The molecule has 0 aromatic heterocycles. The number of nitrogens with two attached hydrogens (primary N) is 1. The van der Waals surface area contributed by atoms with Gasteiger partial charge in [0.25, 0.3) is 0 Å². The summed E-state index contributed by atoms with van der Waals surface area (Å²) in [6.45, 7) is 2.40. The van der Waals surface area contributed by atoms with Crippen LogP contribution in [0.5, 0.6) is 0 Å². The second kappa shape index (κ2) is 13.1. The highest BCUT2D eigenvalue weighted by molar-refractivity contribution is 5.90. The Morgan fingerprint density at radius 1 is 1.03 bits per heavy atom. The fourth-order valence-corrected chi connectivity index (χ4v) is 2.16. The highest BCUT2D eigenvalue weighted by Gasteiger charge is 2.46. The van der Waals surface area contributed by atoms with Crippen molar-refractivity contribution in [2.45, 2.75) is 62.0 Å². The summed E-state index contributed by atoms with van der Waals surface area (Å²) in [4.78, 5) is 9.82. The van der Waals surface area contributed by atoms with Crippen LogP contribution in [0.1, 0.15) is 6.92 Å². The van der Waals surface area contributed by atoms with Crippen LogP contribution in [0.25, 0.3) is 0 Å². The van der Waals surface area contributed by atoms with Crippen LogP contribution in [0, 0.1) is 0 Å². The molecule has 0 aromatic carbocycles. The molecule has 1 amide bonds. The number of ether oxygens (including phenoxy) is 2. The lowest BCUT2D eigenvalue weighted by Crippen LogP contribution is -2.61. The van der Waals surface area contributed by atoms with E-state index in [9.17, 15) is 35.4 Å². The predicted octanol–water partition coefficient (Wildman–Crippen LogP) is -5.71. The van der Waals surface area contributed by atoms with Gasteiger partial charge < -0.3 is 61.2 Å². The summed E-state index contributed by atoms with van der Waals surface area (Å²) < 4.78 is 10.1. The number of amides is 1. The monoisotopic (exact) mass is 429 g/mol. The van der Waals surface area contributed by atoms with Crippen LogP contribution in [0.2, 0.25) is 0 Å². The predicted molar refractivity (Wildman–Crippen MR) is 94.8 cm³/mol. The van der Waals surface area contributed by atoms with E-state index in [1.165, 1.54) is 0 Å². The van der Waals surface area contributed by atoms with E-state index in [0.717, 1.165) is 0 Å². The third-order valence-corrected chi connectivity index (χ3v) is 4.04. The summed E-state index contributed by atoms with van der Waals surface area (Å²) in [6, 6.07) is 0. The van der Waals surface area contributed by atoms with E-state index in [-0.39, 0.29) is 0 Å². The molecule has 0 aromatic rings. The number of carbonyl (C=O) groups is 1. The average molecular weight is 429 g/mol. The number of hydrogen-bond acceptors (Lipinski definition) is 12. The molecule has 0 spiro atoms. The molecule has 13 nitrogen and oxygen atoms in total. The first-order chi connectivity index (χ1) is 13.4. The van der Waals surface area contributed by atoms with Gasteiger partial charge in [-0.1, -0.05) is 6.58 Å². The van der Waals surface area contributed by atoms with E-state index < -0.39 is 80.8 Å². The van der Waals surface area contributed by atoms with Gasteiger partial charge in [0.05, 0.1) is 19.8 Å². The van der Waals surface area contributed by atoms with Gasteiger partial charge in [0.15, 0.2) is 6.29 Å². The first-order valence-electron chi connectivity index (χ1n) is 8.60. The largest absolute Gasteiger partial charge is 0.394 e. The number of aliphatic hydroxyl groups excluding tert-OH is 9. The maximum absolute atomic E-state index is 9.83. The van der Waals surface area contributed by atoms with Crippen LogP contribution in [0.3, 0.4) is 0 Å². The zero-order chi connectivity index (χ0) is 22.9. The second-order valence-corrected chi connectivity index (χ2v) is 6.43. The van der Waals surface area contributed by atoms with E-state index in [1.54, 1.807) is 6.92 Å². The van der Waals surface area contributed by atoms with Crippen molar-refractivity contribution in [3.8, 4) is 0 Å². The maximum Gasteiger partial charge on any atom is 0.243 e. The molecule has 0 aliphatic carbocycles. The molecule has 1 fully saturated rings. The number of rotatable bonds is 9. The lowest BCUT2D eigenvalue weighted by atomic mass is 9.98. The summed E-state index contributed by atoms with van der Waals surface area (Å²) in [5, 5.41) is 84.9. The molecule has 0 unspecified atom stereocenters. The van der Waals surface area contributed by atoms with Crippen molar-refractivity contribution in [1.82, 2.24) is 0 Å². The molecule has 1 aliphatic heterocycles. The summed E-state index contributed by atoms with van der Waals surface area (Å²) in [5.74, 6) is -0.435. The van der Waals surface area contributed by atoms with Crippen LogP contribution in [-0.2, 0) is 14.3 Å². The Morgan fingerprint density at radius 2 is 1.52 bits per heavy atom. The Balaban J connectivity index is 0.00000113. The third-order valence-electron chi connectivity index (χ3n) is 4.04. The number of carbonyl (C=O) groups excluding carboxylic acids is 1. The SMILES string of the molecule is C=C(C)C(N)=O.OC[C@@H](O)[C@@H](O[C@H]1O[C@H](CO)[C@@H](O)[C@H](O)[C@H]1O)[C@H](O)[C@@H](O)CO. The van der Waals surface area contributed by atoms with Crippen LogP contribution >= 0.6 is 0 Å². The van der Waals surface area contributed by atoms with Gasteiger partial charge in [-0.15, -0.1) is 0 Å². The van der Waals surface area contributed by atoms with Gasteiger partial charge in [-0.05, 0) is 6.92 Å². The van der Waals surface area contributed by atoms with E-state index in [1.807, 2.05) is 0 Å². The van der Waals surface area contributed by atoms with Gasteiger partial charge in [-0.25, -0.2) is 0 Å². The van der Waals surface area contributed by atoms with Crippen molar-refractivity contribution < 1.29 is 60.2 Å². The first kappa shape index (κ1) is 27.8. The molecule has 0 radical (unpaired) electrons. The summed E-state index contributed by atoms with van der Waals surface area (Å²) in [5.41, 5.74) is 5.09. The Labute approximate surface area is 166 Å². The summed E-state index contributed by atoms with van der Waals surface area (Å²) in [7, 11) is 0. The number of hydrogen-bond donors (Lipinski definition) is 10. The normalized spacial score (nSPS) is 31.0. The van der Waals surface area contributed by atoms with Crippen molar-refractivity contribution >= 4 is 5.91 Å². The first-order valence-corrected chi connectivity index (χ1v) is 8.60. The lowest BCUT2D eigenvalue weighted by Gasteiger charge is -2.42. The maximum atomic E-state index is 9.83. The molecule has 9 atom stereocenters.